The average Bonchev–Trinajstić information content (AvgIpc) is 2.18. The van der Waals surface area contributed by atoms with Crippen molar-refractivity contribution in [1.82, 2.24) is 0 Å². The molecule has 1 aromatic rings. The fourth-order valence-electron chi connectivity index (χ4n) is 1.11. The van der Waals surface area contributed by atoms with Gasteiger partial charge < -0.3 is 10.1 Å². The highest BCUT2D eigenvalue weighted by Gasteiger charge is 2.05. The maximum Gasteiger partial charge on any atom is 0.234 e. The molecule has 0 unspecified atom stereocenters. The Kier molecular flexibility index (Phi) is 3.83. The lowest BCUT2D eigenvalue weighted by Gasteiger charge is -2.09. The second-order valence-electron chi connectivity index (χ2n) is 2.91. The minimum absolute atomic E-state index is 0.141. The van der Waals surface area contributed by atoms with Crippen LogP contribution < -0.4 is 10.1 Å². The van der Waals surface area contributed by atoms with Gasteiger partial charge in [0, 0.05) is 0 Å². The topological polar surface area (TPSA) is 38.3 Å². The number of aryl methyl sites for hydroxylation is 1. The predicted octanol–water partition coefficient (Wildman–Crippen LogP) is 1.87. The minimum atomic E-state index is -0.141. The van der Waals surface area contributed by atoms with Gasteiger partial charge in [-0.3, -0.25) is 4.79 Å². The van der Waals surface area contributed by atoms with Gasteiger partial charge in [0.05, 0.1) is 18.6 Å². The van der Waals surface area contributed by atoms with Crippen LogP contribution >= 0.6 is 12.6 Å². The van der Waals surface area contributed by atoms with Crippen molar-refractivity contribution in [1.29, 1.82) is 0 Å². The summed E-state index contributed by atoms with van der Waals surface area (Å²) in [7, 11) is 1.57. The van der Waals surface area contributed by atoms with Crippen LogP contribution in [-0.4, -0.2) is 18.8 Å². The number of amides is 1. The van der Waals surface area contributed by atoms with Gasteiger partial charge in [-0.1, -0.05) is 6.07 Å². The monoisotopic (exact) mass is 211 g/mol. The molecule has 0 bridgehead atoms. The van der Waals surface area contributed by atoms with Crippen molar-refractivity contribution >= 4 is 24.2 Å². The SMILES string of the molecule is COc1ccc(C)cc1NC(=O)CS. The third-order valence-corrected chi connectivity index (χ3v) is 2.06. The maximum absolute atomic E-state index is 11.1. The van der Waals surface area contributed by atoms with Crippen LogP contribution in [0.1, 0.15) is 5.56 Å². The fraction of sp³-hybridized carbons (Fsp3) is 0.300. The Morgan fingerprint density at radius 2 is 2.29 bits per heavy atom. The number of rotatable bonds is 3. The summed E-state index contributed by atoms with van der Waals surface area (Å²) in [6, 6.07) is 5.61. The number of hydrogen-bond acceptors (Lipinski definition) is 3. The Morgan fingerprint density at radius 1 is 1.57 bits per heavy atom. The number of nitrogens with one attached hydrogen (secondary N) is 1. The van der Waals surface area contributed by atoms with E-state index < -0.39 is 0 Å². The van der Waals surface area contributed by atoms with Gasteiger partial charge in [0.1, 0.15) is 5.75 Å². The summed E-state index contributed by atoms with van der Waals surface area (Å²) in [6.45, 7) is 1.95. The zero-order valence-corrected chi connectivity index (χ0v) is 9.10. The first kappa shape index (κ1) is 10.9. The molecule has 0 aliphatic carbocycles. The molecule has 76 valence electrons. The first-order valence-electron chi connectivity index (χ1n) is 4.22. The second kappa shape index (κ2) is 4.91. The molecule has 0 saturated heterocycles. The standard InChI is InChI=1S/C10H13NO2S/c1-7-3-4-9(13-2)8(5-7)11-10(12)6-14/h3-5,14H,6H2,1-2H3,(H,11,12). The van der Waals surface area contributed by atoms with E-state index in [2.05, 4.69) is 17.9 Å². The van der Waals surface area contributed by atoms with E-state index in [1.165, 1.54) is 0 Å². The van der Waals surface area contributed by atoms with Gasteiger partial charge in [-0.15, -0.1) is 0 Å². The molecule has 1 rings (SSSR count). The van der Waals surface area contributed by atoms with E-state index in [1.807, 2.05) is 25.1 Å². The molecule has 0 fully saturated rings. The van der Waals surface area contributed by atoms with Gasteiger partial charge in [0.25, 0.3) is 0 Å². The van der Waals surface area contributed by atoms with E-state index in [1.54, 1.807) is 7.11 Å². The van der Waals surface area contributed by atoms with Crippen LogP contribution in [0.3, 0.4) is 0 Å². The highest BCUT2D eigenvalue weighted by molar-refractivity contribution is 7.81. The molecule has 0 heterocycles. The van der Waals surface area contributed by atoms with Crippen molar-refractivity contribution in [3.63, 3.8) is 0 Å². The number of carbonyl (C=O) groups is 1. The molecule has 0 saturated carbocycles. The van der Waals surface area contributed by atoms with Crippen LogP contribution in [0.15, 0.2) is 18.2 Å². The number of thiol groups is 1. The largest absolute Gasteiger partial charge is 0.495 e. The number of anilines is 1. The summed E-state index contributed by atoms with van der Waals surface area (Å²) in [6.07, 6.45) is 0. The van der Waals surface area contributed by atoms with Crippen molar-refractivity contribution in [2.75, 3.05) is 18.2 Å². The van der Waals surface area contributed by atoms with E-state index in [-0.39, 0.29) is 11.7 Å². The molecule has 0 aliphatic heterocycles. The van der Waals surface area contributed by atoms with Crippen molar-refractivity contribution in [3.05, 3.63) is 23.8 Å². The molecule has 1 amide bonds. The molecule has 0 radical (unpaired) electrons. The van der Waals surface area contributed by atoms with Gasteiger partial charge in [0.2, 0.25) is 5.91 Å². The summed E-state index contributed by atoms with van der Waals surface area (Å²) in [4.78, 5) is 11.1. The fourth-order valence-corrected chi connectivity index (χ4v) is 1.19. The summed E-state index contributed by atoms with van der Waals surface area (Å²) in [5.74, 6) is 0.680. The van der Waals surface area contributed by atoms with Crippen LogP contribution in [0.4, 0.5) is 5.69 Å². The molecule has 1 N–H and O–H groups in total. The minimum Gasteiger partial charge on any atom is -0.495 e. The molecule has 3 nitrogen and oxygen atoms in total. The van der Waals surface area contributed by atoms with Gasteiger partial charge in [-0.2, -0.15) is 12.6 Å². The van der Waals surface area contributed by atoms with Crippen LogP contribution in [0.2, 0.25) is 0 Å². The quantitative estimate of drug-likeness (QED) is 0.749. The van der Waals surface area contributed by atoms with Gasteiger partial charge >= 0.3 is 0 Å². The Balaban J connectivity index is 2.93. The molecule has 0 spiro atoms. The van der Waals surface area contributed by atoms with Crippen molar-refractivity contribution < 1.29 is 9.53 Å². The zero-order chi connectivity index (χ0) is 10.6. The molecule has 0 atom stereocenters. The summed E-state index contributed by atoms with van der Waals surface area (Å²) in [5, 5.41) is 2.71. The molecular weight excluding hydrogens is 198 g/mol. The number of hydrogen-bond donors (Lipinski definition) is 2. The molecule has 4 heteroatoms. The van der Waals surface area contributed by atoms with E-state index in [0.29, 0.717) is 11.4 Å². The third kappa shape index (κ3) is 2.67. The Bertz CT molecular complexity index is 339. The number of ether oxygens (including phenoxy) is 1. The van der Waals surface area contributed by atoms with Crippen LogP contribution in [0.5, 0.6) is 5.75 Å². The first-order valence-corrected chi connectivity index (χ1v) is 4.86. The smallest absolute Gasteiger partial charge is 0.234 e. The number of benzene rings is 1. The summed E-state index contributed by atoms with van der Waals surface area (Å²) >= 11 is 3.88. The van der Waals surface area contributed by atoms with Gasteiger partial charge in [-0.25, -0.2) is 0 Å². The maximum atomic E-state index is 11.1. The average molecular weight is 211 g/mol. The normalized spacial score (nSPS) is 9.64. The van der Waals surface area contributed by atoms with E-state index in [4.69, 9.17) is 4.74 Å². The first-order chi connectivity index (χ1) is 6.67. The van der Waals surface area contributed by atoms with E-state index in [9.17, 15) is 4.79 Å². The van der Waals surface area contributed by atoms with E-state index in [0.717, 1.165) is 5.56 Å². The zero-order valence-electron chi connectivity index (χ0n) is 8.20. The lowest BCUT2D eigenvalue weighted by molar-refractivity contribution is -0.113. The van der Waals surface area contributed by atoms with Crippen molar-refractivity contribution in [2.24, 2.45) is 0 Å². The lowest BCUT2D eigenvalue weighted by Crippen LogP contribution is -2.13. The van der Waals surface area contributed by atoms with E-state index >= 15 is 0 Å². The molecular formula is C10H13NO2S. The highest BCUT2D eigenvalue weighted by atomic mass is 32.1. The highest BCUT2D eigenvalue weighted by Crippen LogP contribution is 2.24. The second-order valence-corrected chi connectivity index (χ2v) is 3.23. The van der Waals surface area contributed by atoms with Crippen LogP contribution in [-0.2, 0) is 4.79 Å². The molecule has 1 aromatic carbocycles. The molecule has 0 aliphatic rings. The Labute approximate surface area is 88.9 Å². The Hall–Kier alpha value is -1.16. The molecule has 14 heavy (non-hydrogen) atoms. The van der Waals surface area contributed by atoms with Crippen LogP contribution in [0, 0.1) is 6.92 Å². The summed E-state index contributed by atoms with van der Waals surface area (Å²) < 4.78 is 5.11. The lowest BCUT2D eigenvalue weighted by atomic mass is 10.2. The van der Waals surface area contributed by atoms with Crippen LogP contribution in [0.25, 0.3) is 0 Å². The van der Waals surface area contributed by atoms with Gasteiger partial charge in [0.15, 0.2) is 0 Å². The Morgan fingerprint density at radius 3 is 2.86 bits per heavy atom. The third-order valence-electron chi connectivity index (χ3n) is 1.77. The van der Waals surface area contributed by atoms with Crippen molar-refractivity contribution in [3.8, 4) is 5.75 Å². The predicted molar refractivity (Wildman–Crippen MR) is 60.2 cm³/mol. The molecule has 0 aromatic heterocycles. The van der Waals surface area contributed by atoms with Crippen molar-refractivity contribution in [2.45, 2.75) is 6.92 Å². The number of carbonyl (C=O) groups excluding carboxylic acids is 1. The summed E-state index contributed by atoms with van der Waals surface area (Å²) in [5.41, 5.74) is 1.76. The number of methoxy groups -OCH3 is 1. The van der Waals surface area contributed by atoms with Gasteiger partial charge in [-0.05, 0) is 24.6 Å².